The highest BCUT2D eigenvalue weighted by Crippen LogP contribution is 2.23. The van der Waals surface area contributed by atoms with E-state index in [1.807, 2.05) is 18.3 Å². The van der Waals surface area contributed by atoms with Crippen molar-refractivity contribution in [2.75, 3.05) is 29.9 Å². The second-order valence-corrected chi connectivity index (χ2v) is 6.87. The average molecular weight is 388 g/mol. The number of halogens is 1. The summed E-state index contributed by atoms with van der Waals surface area (Å²) in [6, 6.07) is 4.40. The van der Waals surface area contributed by atoms with Gasteiger partial charge < -0.3 is 9.80 Å². The zero-order valence-electron chi connectivity index (χ0n) is 13.4. The van der Waals surface area contributed by atoms with Crippen LogP contribution >= 0.6 is 15.9 Å². The lowest BCUT2D eigenvalue weighted by atomic mass is 10.0. The van der Waals surface area contributed by atoms with Gasteiger partial charge in [0, 0.05) is 50.8 Å². The lowest BCUT2D eigenvalue weighted by molar-refractivity contribution is 0.475. The van der Waals surface area contributed by atoms with Gasteiger partial charge in [-0.3, -0.25) is 0 Å². The van der Waals surface area contributed by atoms with Crippen molar-refractivity contribution in [1.29, 1.82) is 0 Å². The number of fused-ring (bicyclic) bond motifs is 1. The van der Waals surface area contributed by atoms with Gasteiger partial charge in [-0.05, 0) is 34.8 Å². The summed E-state index contributed by atoms with van der Waals surface area (Å²) in [7, 11) is 2.07. The molecule has 0 saturated carbocycles. The van der Waals surface area contributed by atoms with E-state index >= 15 is 0 Å². The number of hydrogen-bond acceptors (Lipinski definition) is 6. The summed E-state index contributed by atoms with van der Waals surface area (Å²) in [5.41, 5.74) is 0.884. The molecule has 0 bridgehead atoms. The minimum absolute atomic E-state index is 0.445. The molecule has 0 atom stereocenters. The van der Waals surface area contributed by atoms with Crippen LogP contribution in [0.25, 0.3) is 5.65 Å². The van der Waals surface area contributed by atoms with Crippen molar-refractivity contribution in [3.8, 4) is 0 Å². The Balaban J connectivity index is 1.43. The van der Waals surface area contributed by atoms with Gasteiger partial charge in [0.05, 0.1) is 10.7 Å². The zero-order chi connectivity index (χ0) is 16.5. The quantitative estimate of drug-likeness (QED) is 0.687. The molecule has 0 aromatic carbocycles. The van der Waals surface area contributed by atoms with Crippen LogP contribution in [0.15, 0.2) is 41.4 Å². The van der Waals surface area contributed by atoms with E-state index in [1.54, 1.807) is 23.1 Å². The van der Waals surface area contributed by atoms with Crippen molar-refractivity contribution in [3.63, 3.8) is 0 Å². The van der Waals surface area contributed by atoms with Crippen LogP contribution in [0.5, 0.6) is 0 Å². The molecule has 4 rings (SSSR count). The maximum absolute atomic E-state index is 4.68. The Kier molecular flexibility index (Phi) is 4.05. The third kappa shape index (κ3) is 2.93. The molecule has 124 valence electrons. The van der Waals surface area contributed by atoms with Crippen molar-refractivity contribution in [2.24, 2.45) is 0 Å². The molecule has 3 aromatic rings. The van der Waals surface area contributed by atoms with Gasteiger partial charge >= 0.3 is 0 Å². The Labute approximate surface area is 148 Å². The van der Waals surface area contributed by atoms with Crippen LogP contribution in [-0.2, 0) is 0 Å². The van der Waals surface area contributed by atoms with Crippen LogP contribution in [-0.4, -0.2) is 50.7 Å². The van der Waals surface area contributed by atoms with Crippen molar-refractivity contribution >= 4 is 33.3 Å². The summed E-state index contributed by atoms with van der Waals surface area (Å²) in [5, 5.41) is 4.19. The minimum atomic E-state index is 0.445. The Morgan fingerprint density at radius 3 is 2.67 bits per heavy atom. The van der Waals surface area contributed by atoms with Gasteiger partial charge in [0.2, 0.25) is 5.95 Å². The zero-order valence-corrected chi connectivity index (χ0v) is 15.0. The van der Waals surface area contributed by atoms with Gasteiger partial charge in [0.25, 0.3) is 0 Å². The third-order valence-electron chi connectivity index (χ3n) is 4.50. The van der Waals surface area contributed by atoms with E-state index in [9.17, 15) is 0 Å². The SMILES string of the molecule is CN(c1ncc(Br)cn1)C1CCN(c2ccn3nccc3n2)CC1. The van der Waals surface area contributed by atoms with Crippen molar-refractivity contribution in [1.82, 2.24) is 24.6 Å². The van der Waals surface area contributed by atoms with Crippen LogP contribution in [0.1, 0.15) is 12.8 Å². The monoisotopic (exact) mass is 387 g/mol. The molecule has 24 heavy (non-hydrogen) atoms. The molecule has 0 spiro atoms. The topological polar surface area (TPSA) is 62.5 Å². The van der Waals surface area contributed by atoms with Gasteiger partial charge in [0.15, 0.2) is 5.65 Å². The predicted molar refractivity (Wildman–Crippen MR) is 96.4 cm³/mol. The molecule has 0 amide bonds. The number of rotatable bonds is 3. The maximum atomic E-state index is 4.68. The average Bonchev–Trinajstić information content (AvgIpc) is 3.09. The molecule has 4 heterocycles. The standard InChI is InChI=1S/C16H18BrN7/c1-22(16-18-10-12(17)11-19-16)13-3-7-23(8-4-13)14-5-9-24-15(21-14)2-6-20-24/h2,5-6,9-11,13H,3-4,7-8H2,1H3. The van der Waals surface area contributed by atoms with E-state index in [4.69, 9.17) is 0 Å². The Morgan fingerprint density at radius 1 is 1.17 bits per heavy atom. The van der Waals surface area contributed by atoms with Crippen molar-refractivity contribution in [3.05, 3.63) is 41.4 Å². The predicted octanol–water partition coefficient (Wildman–Crippen LogP) is 2.39. The molecular formula is C16H18BrN7. The largest absolute Gasteiger partial charge is 0.356 e. The number of anilines is 2. The second-order valence-electron chi connectivity index (χ2n) is 5.95. The van der Waals surface area contributed by atoms with Crippen molar-refractivity contribution in [2.45, 2.75) is 18.9 Å². The first kappa shape index (κ1) is 15.3. The summed E-state index contributed by atoms with van der Waals surface area (Å²) in [6.45, 7) is 1.95. The molecule has 8 heteroatoms. The van der Waals surface area contributed by atoms with E-state index in [1.165, 1.54) is 0 Å². The minimum Gasteiger partial charge on any atom is -0.356 e. The van der Waals surface area contributed by atoms with Crippen molar-refractivity contribution < 1.29 is 0 Å². The van der Waals surface area contributed by atoms with Gasteiger partial charge in [-0.2, -0.15) is 5.10 Å². The smallest absolute Gasteiger partial charge is 0.225 e. The normalized spacial score (nSPS) is 15.8. The summed E-state index contributed by atoms with van der Waals surface area (Å²) >= 11 is 3.38. The van der Waals surface area contributed by atoms with Crippen LogP contribution in [0.2, 0.25) is 0 Å². The summed E-state index contributed by atoms with van der Waals surface area (Å²) < 4.78 is 2.69. The van der Waals surface area contributed by atoms with E-state index in [0.29, 0.717) is 6.04 Å². The van der Waals surface area contributed by atoms with Crippen LogP contribution in [0, 0.1) is 0 Å². The highest BCUT2D eigenvalue weighted by atomic mass is 79.9. The number of piperidine rings is 1. The third-order valence-corrected chi connectivity index (χ3v) is 4.91. The number of nitrogens with zero attached hydrogens (tertiary/aromatic N) is 7. The molecule has 1 aliphatic heterocycles. The fourth-order valence-electron chi connectivity index (χ4n) is 3.11. The lowest BCUT2D eigenvalue weighted by Crippen LogP contribution is -2.44. The molecular weight excluding hydrogens is 370 g/mol. The first-order chi connectivity index (χ1) is 11.7. The fourth-order valence-corrected chi connectivity index (χ4v) is 3.32. The summed E-state index contributed by atoms with van der Waals surface area (Å²) in [5.74, 6) is 1.79. The Morgan fingerprint density at radius 2 is 1.92 bits per heavy atom. The molecule has 3 aromatic heterocycles. The molecule has 0 N–H and O–H groups in total. The molecule has 1 fully saturated rings. The Hall–Kier alpha value is -2.22. The molecule has 0 unspecified atom stereocenters. The van der Waals surface area contributed by atoms with Gasteiger partial charge in [-0.1, -0.05) is 0 Å². The maximum Gasteiger partial charge on any atom is 0.225 e. The fraction of sp³-hybridized carbons (Fsp3) is 0.375. The van der Waals surface area contributed by atoms with Crippen LogP contribution in [0.3, 0.4) is 0 Å². The molecule has 7 nitrogen and oxygen atoms in total. The number of hydrogen-bond donors (Lipinski definition) is 0. The van der Waals surface area contributed by atoms with Gasteiger partial charge in [-0.25, -0.2) is 19.5 Å². The first-order valence-electron chi connectivity index (χ1n) is 7.96. The highest BCUT2D eigenvalue weighted by molar-refractivity contribution is 9.10. The molecule has 1 aliphatic rings. The molecule has 0 aliphatic carbocycles. The Bertz CT molecular complexity index is 824. The van der Waals surface area contributed by atoms with Crippen LogP contribution in [0.4, 0.5) is 11.8 Å². The van der Waals surface area contributed by atoms with E-state index in [0.717, 1.165) is 47.8 Å². The van der Waals surface area contributed by atoms with E-state index in [-0.39, 0.29) is 0 Å². The van der Waals surface area contributed by atoms with Gasteiger partial charge in [-0.15, -0.1) is 0 Å². The molecule has 0 radical (unpaired) electrons. The second kappa shape index (κ2) is 6.35. The molecule has 1 saturated heterocycles. The first-order valence-corrected chi connectivity index (χ1v) is 8.76. The van der Waals surface area contributed by atoms with Gasteiger partial charge in [0.1, 0.15) is 5.82 Å². The summed E-state index contributed by atoms with van der Waals surface area (Å²) in [4.78, 5) is 18.0. The van der Waals surface area contributed by atoms with Crippen LogP contribution < -0.4 is 9.80 Å². The lowest BCUT2D eigenvalue weighted by Gasteiger charge is -2.37. The summed E-state index contributed by atoms with van der Waals surface area (Å²) in [6.07, 6.45) is 9.43. The van der Waals surface area contributed by atoms with E-state index in [2.05, 4.69) is 52.8 Å². The highest BCUT2D eigenvalue weighted by Gasteiger charge is 2.24. The van der Waals surface area contributed by atoms with E-state index < -0.39 is 0 Å². The number of aromatic nitrogens is 5.